The van der Waals surface area contributed by atoms with E-state index in [-0.39, 0.29) is 34.7 Å². The summed E-state index contributed by atoms with van der Waals surface area (Å²) in [6.45, 7) is 15.1. The molecule has 0 radical (unpaired) electrons. The number of aryl methyl sites for hydroxylation is 1. The second kappa shape index (κ2) is 7.60. The van der Waals surface area contributed by atoms with Gasteiger partial charge in [-0.2, -0.15) is 0 Å². The van der Waals surface area contributed by atoms with E-state index in [1.807, 2.05) is 13.0 Å². The average molecular weight is 458 g/mol. The maximum Gasteiger partial charge on any atom is 0.165 e. The number of aromatic hydroxyl groups is 1. The largest absolute Gasteiger partial charge is 0.504 e. The number of hydrogen-bond donors (Lipinski definition) is 2. The normalized spacial score (nSPS) is 38.1. The van der Waals surface area contributed by atoms with Gasteiger partial charge in [-0.05, 0) is 81.9 Å². The average Bonchev–Trinajstić information content (AvgIpc) is 3.49. The minimum absolute atomic E-state index is 0.0642. The molecule has 4 aliphatic rings. The molecular formula is C28H43NO4. The van der Waals surface area contributed by atoms with Crippen LogP contribution in [0, 0.1) is 30.1 Å². The van der Waals surface area contributed by atoms with Gasteiger partial charge in [0.05, 0.1) is 5.60 Å². The van der Waals surface area contributed by atoms with Gasteiger partial charge in [0.25, 0.3) is 0 Å². The highest BCUT2D eigenvalue weighted by Crippen LogP contribution is 2.64. The lowest BCUT2D eigenvalue weighted by Gasteiger charge is -2.61. The predicted octanol–water partition coefficient (Wildman–Crippen LogP) is 4.65. The van der Waals surface area contributed by atoms with Crippen molar-refractivity contribution in [1.29, 1.82) is 0 Å². The van der Waals surface area contributed by atoms with Gasteiger partial charge in [0, 0.05) is 36.6 Å². The van der Waals surface area contributed by atoms with Crippen molar-refractivity contribution in [3.63, 3.8) is 0 Å². The molecule has 0 aromatic heterocycles. The number of phenolic OH excluding ortho intramolecular Hbond substituents is 1. The second-order valence-corrected chi connectivity index (χ2v) is 12.7. The number of nitrogens with zero attached hydrogens (tertiary/aromatic N) is 1. The lowest BCUT2D eigenvalue weighted by atomic mass is 9.49. The Morgan fingerprint density at radius 3 is 2.52 bits per heavy atom. The molecule has 2 heterocycles. The third-order valence-corrected chi connectivity index (χ3v) is 10.1. The number of rotatable bonds is 4. The predicted molar refractivity (Wildman–Crippen MR) is 130 cm³/mol. The van der Waals surface area contributed by atoms with E-state index in [1.165, 1.54) is 30.5 Å². The third kappa shape index (κ3) is 3.29. The number of phenols is 1. The van der Waals surface area contributed by atoms with Gasteiger partial charge in [0.2, 0.25) is 0 Å². The van der Waals surface area contributed by atoms with E-state index < -0.39 is 5.60 Å². The molecule has 5 heteroatoms. The van der Waals surface area contributed by atoms with Crippen molar-refractivity contribution >= 4 is 0 Å². The third-order valence-electron chi connectivity index (χ3n) is 10.1. The van der Waals surface area contributed by atoms with Crippen LogP contribution in [-0.4, -0.2) is 59.2 Å². The number of methoxy groups -OCH3 is 1. The Morgan fingerprint density at radius 1 is 1.21 bits per heavy atom. The van der Waals surface area contributed by atoms with Crippen molar-refractivity contribution in [2.45, 2.75) is 96.5 Å². The summed E-state index contributed by atoms with van der Waals surface area (Å²) < 4.78 is 12.9. The molecule has 3 fully saturated rings. The first-order chi connectivity index (χ1) is 15.4. The van der Waals surface area contributed by atoms with Crippen LogP contribution >= 0.6 is 0 Å². The Morgan fingerprint density at radius 2 is 1.91 bits per heavy atom. The molecule has 2 aliphatic heterocycles. The molecule has 184 valence electrons. The van der Waals surface area contributed by atoms with E-state index in [9.17, 15) is 10.2 Å². The minimum atomic E-state index is -0.923. The maximum atomic E-state index is 11.9. The van der Waals surface area contributed by atoms with E-state index in [0.29, 0.717) is 17.7 Å². The van der Waals surface area contributed by atoms with Crippen LogP contribution < -0.4 is 4.74 Å². The van der Waals surface area contributed by atoms with Crippen LogP contribution in [0.3, 0.4) is 0 Å². The zero-order chi connectivity index (χ0) is 23.9. The number of likely N-dealkylation sites (tertiary alicyclic amines) is 1. The van der Waals surface area contributed by atoms with Crippen LogP contribution in [0.1, 0.15) is 71.4 Å². The van der Waals surface area contributed by atoms with E-state index in [2.05, 4.69) is 39.5 Å². The fourth-order valence-electron chi connectivity index (χ4n) is 7.48. The van der Waals surface area contributed by atoms with Gasteiger partial charge in [-0.1, -0.05) is 26.8 Å². The van der Waals surface area contributed by atoms with Crippen LogP contribution in [0.25, 0.3) is 0 Å². The molecule has 5 nitrogen and oxygen atoms in total. The number of piperidine rings is 1. The molecule has 1 spiro atoms. The molecule has 1 saturated heterocycles. The van der Waals surface area contributed by atoms with Crippen LogP contribution in [0.15, 0.2) is 12.1 Å². The monoisotopic (exact) mass is 457 g/mol. The molecule has 1 aromatic carbocycles. The first kappa shape index (κ1) is 23.4. The molecule has 2 aliphatic carbocycles. The fourth-order valence-corrected chi connectivity index (χ4v) is 7.48. The quantitative estimate of drug-likeness (QED) is 0.689. The van der Waals surface area contributed by atoms with E-state index >= 15 is 0 Å². The molecule has 0 bridgehead atoms. The first-order valence-corrected chi connectivity index (χ1v) is 12.9. The number of hydrogen-bond acceptors (Lipinski definition) is 5. The van der Waals surface area contributed by atoms with Crippen molar-refractivity contribution in [1.82, 2.24) is 4.90 Å². The summed E-state index contributed by atoms with van der Waals surface area (Å²) in [4.78, 5) is 2.69. The van der Waals surface area contributed by atoms with Crippen molar-refractivity contribution in [2.75, 3.05) is 20.2 Å². The van der Waals surface area contributed by atoms with E-state index in [4.69, 9.17) is 9.47 Å². The Bertz CT molecular complexity index is 917. The van der Waals surface area contributed by atoms with Gasteiger partial charge in [-0.25, -0.2) is 0 Å². The summed E-state index contributed by atoms with van der Waals surface area (Å²) in [6, 6.07) is 4.17. The number of fused-ring (bicyclic) bond motifs is 1. The molecule has 33 heavy (non-hydrogen) atoms. The second-order valence-electron chi connectivity index (χ2n) is 12.7. The zero-order valence-corrected chi connectivity index (χ0v) is 21.5. The van der Waals surface area contributed by atoms with E-state index in [1.54, 1.807) is 13.2 Å². The smallest absolute Gasteiger partial charge is 0.165 e. The standard InChI is InChI=1S/C28H43NO4/c1-16-8-11-21(30)24-22(16)28-12-13-29(15-18-9-10-18)17(2)19(28)14-20(23(32-7)25(28)33-24)27(6,31)26(3,4)5/h8,11,17-20,23,25,30-31H,9-10,12-15H2,1-7H3/t17?,19?,20-,23?,25-,27-,28?/m0/s1. The van der Waals surface area contributed by atoms with Gasteiger partial charge < -0.3 is 24.6 Å². The molecule has 1 aromatic rings. The highest BCUT2D eigenvalue weighted by Gasteiger charge is 2.67. The summed E-state index contributed by atoms with van der Waals surface area (Å²) >= 11 is 0. The minimum Gasteiger partial charge on any atom is -0.504 e. The van der Waals surface area contributed by atoms with Crippen LogP contribution in [0.5, 0.6) is 11.5 Å². The summed E-state index contributed by atoms with van der Waals surface area (Å²) in [7, 11) is 1.76. The highest BCUT2D eigenvalue weighted by atomic mass is 16.5. The van der Waals surface area contributed by atoms with E-state index in [0.717, 1.165) is 25.3 Å². The summed E-state index contributed by atoms with van der Waals surface area (Å²) in [5.41, 5.74) is 0.945. The van der Waals surface area contributed by atoms with Crippen LogP contribution in [-0.2, 0) is 10.2 Å². The van der Waals surface area contributed by atoms with Crippen molar-refractivity contribution in [3.8, 4) is 11.5 Å². The zero-order valence-electron chi connectivity index (χ0n) is 21.5. The molecule has 2 N–H and O–H groups in total. The molecule has 7 atom stereocenters. The van der Waals surface area contributed by atoms with Gasteiger partial charge in [-0.3, -0.25) is 0 Å². The summed E-state index contributed by atoms with van der Waals surface area (Å²) in [5, 5.41) is 22.7. The SMILES string of the molecule is COC1[C@@H]2Oc3c(O)ccc(C)c3C23CCN(CC2CC2)C(C)C3C[C@@H]1[C@](C)(O)C(C)(C)C. The number of benzene rings is 1. The molecule has 5 rings (SSSR count). The van der Waals surface area contributed by atoms with Gasteiger partial charge in [0.15, 0.2) is 11.5 Å². The molecule has 2 saturated carbocycles. The topological polar surface area (TPSA) is 62.2 Å². The van der Waals surface area contributed by atoms with Crippen LogP contribution in [0.2, 0.25) is 0 Å². The van der Waals surface area contributed by atoms with Gasteiger partial charge >= 0.3 is 0 Å². The Balaban J connectivity index is 1.65. The van der Waals surface area contributed by atoms with Gasteiger partial charge in [0.1, 0.15) is 12.2 Å². The Kier molecular flexibility index (Phi) is 5.40. The van der Waals surface area contributed by atoms with Crippen molar-refractivity contribution < 1.29 is 19.7 Å². The lowest BCUT2D eigenvalue weighted by molar-refractivity contribution is -0.203. The fraction of sp³-hybridized carbons (Fsp3) is 0.786. The summed E-state index contributed by atoms with van der Waals surface area (Å²) in [5.74, 6) is 1.97. The number of aliphatic hydroxyl groups is 1. The Hall–Kier alpha value is -1.30. The molecular weight excluding hydrogens is 414 g/mol. The Labute approximate surface area is 199 Å². The summed E-state index contributed by atoms with van der Waals surface area (Å²) in [6.07, 6.45) is 4.14. The maximum absolute atomic E-state index is 11.9. The lowest BCUT2D eigenvalue weighted by Crippen LogP contribution is -2.69. The highest BCUT2D eigenvalue weighted by molar-refractivity contribution is 5.58. The molecule has 0 amide bonds. The van der Waals surface area contributed by atoms with Crippen molar-refractivity contribution in [2.24, 2.45) is 23.2 Å². The first-order valence-electron chi connectivity index (χ1n) is 12.9. The van der Waals surface area contributed by atoms with Crippen molar-refractivity contribution in [3.05, 3.63) is 23.3 Å². The molecule has 4 unspecified atom stereocenters. The van der Waals surface area contributed by atoms with Crippen LogP contribution in [0.4, 0.5) is 0 Å². The van der Waals surface area contributed by atoms with Gasteiger partial charge in [-0.15, -0.1) is 0 Å². The number of ether oxygens (including phenoxy) is 2.